The molecule has 1 amide bonds. The predicted molar refractivity (Wildman–Crippen MR) is 103 cm³/mol. The molecule has 0 saturated carbocycles. The number of nitrogens with two attached hydrogens (primary N) is 2. The molecule has 0 radical (unpaired) electrons. The Bertz CT molecular complexity index is 917. The predicted octanol–water partition coefficient (Wildman–Crippen LogP) is 2.97. The number of hydrogen-bond acceptors (Lipinski definition) is 5. The number of hydrazine groups is 1. The van der Waals surface area contributed by atoms with Gasteiger partial charge in [0.15, 0.2) is 11.6 Å². The fourth-order valence-electron chi connectivity index (χ4n) is 3.13. The van der Waals surface area contributed by atoms with E-state index >= 15 is 0 Å². The van der Waals surface area contributed by atoms with E-state index in [2.05, 4.69) is 4.98 Å². The number of amides is 1. The van der Waals surface area contributed by atoms with Crippen molar-refractivity contribution in [2.45, 2.75) is 26.3 Å². The van der Waals surface area contributed by atoms with Crippen molar-refractivity contribution in [1.29, 1.82) is 0 Å². The highest BCUT2D eigenvalue weighted by molar-refractivity contribution is 6.34. The highest BCUT2D eigenvalue weighted by Crippen LogP contribution is 2.29. The van der Waals surface area contributed by atoms with Crippen LogP contribution >= 0.6 is 11.6 Å². The molecule has 2 aromatic rings. The van der Waals surface area contributed by atoms with Gasteiger partial charge in [-0.05, 0) is 37.6 Å². The molecule has 0 fully saturated rings. The Kier molecular flexibility index (Phi) is 5.34. The number of carbonyl (C=O) groups excluding carboxylic acids is 1. The number of nitrogens with zero attached hydrogens (tertiary/aromatic N) is 3. The molecule has 3 rings (SSSR count). The van der Waals surface area contributed by atoms with Gasteiger partial charge < -0.3 is 10.6 Å². The normalized spacial score (nSPS) is 17.2. The number of aryl methyl sites for hydroxylation is 1. The minimum atomic E-state index is -0.544. The van der Waals surface area contributed by atoms with E-state index in [4.69, 9.17) is 23.2 Å². The summed E-state index contributed by atoms with van der Waals surface area (Å²) in [5, 5.41) is 1.59. The average Bonchev–Trinajstić information content (AvgIpc) is 2.65. The third kappa shape index (κ3) is 3.61. The minimum absolute atomic E-state index is 0.0100. The molecule has 1 aromatic carbocycles. The van der Waals surface area contributed by atoms with Crippen LogP contribution in [0.5, 0.6) is 0 Å². The number of anilines is 1. The maximum absolute atomic E-state index is 14.0. The second kappa shape index (κ2) is 7.54. The van der Waals surface area contributed by atoms with E-state index in [1.54, 1.807) is 17.0 Å². The highest BCUT2D eigenvalue weighted by atomic mass is 35.5. The lowest BCUT2D eigenvalue weighted by atomic mass is 10.0. The van der Waals surface area contributed by atoms with Gasteiger partial charge in [0, 0.05) is 24.4 Å². The SMILES string of the molecule is Cc1cccc(C(=O)N2CC(N)=C(N(N)c3ncccc3F)CC2C)c1Cl. The number of benzene rings is 1. The summed E-state index contributed by atoms with van der Waals surface area (Å²) in [5.41, 5.74) is 8.37. The molecule has 1 unspecified atom stereocenters. The Morgan fingerprint density at radius 1 is 1.37 bits per heavy atom. The fraction of sp³-hybridized carbons (Fsp3) is 0.263. The molecule has 1 aliphatic rings. The average molecular weight is 390 g/mol. The Morgan fingerprint density at radius 3 is 2.81 bits per heavy atom. The largest absolute Gasteiger partial charge is 0.399 e. The second-order valence-corrected chi connectivity index (χ2v) is 6.95. The van der Waals surface area contributed by atoms with E-state index in [9.17, 15) is 9.18 Å². The van der Waals surface area contributed by atoms with Gasteiger partial charge in [0.1, 0.15) is 0 Å². The van der Waals surface area contributed by atoms with Crippen LogP contribution in [0.25, 0.3) is 0 Å². The van der Waals surface area contributed by atoms with Crippen molar-refractivity contribution in [3.63, 3.8) is 0 Å². The zero-order chi connectivity index (χ0) is 19.7. The van der Waals surface area contributed by atoms with Gasteiger partial charge in [-0.15, -0.1) is 0 Å². The van der Waals surface area contributed by atoms with Crippen molar-refractivity contribution in [3.05, 3.63) is 69.9 Å². The molecule has 2 heterocycles. The first-order valence-electron chi connectivity index (χ1n) is 8.50. The molecule has 1 aliphatic heterocycles. The molecular formula is C19H21ClFN5O. The van der Waals surface area contributed by atoms with Crippen LogP contribution in [0.3, 0.4) is 0 Å². The monoisotopic (exact) mass is 389 g/mol. The van der Waals surface area contributed by atoms with Crippen molar-refractivity contribution in [2.24, 2.45) is 11.6 Å². The van der Waals surface area contributed by atoms with Crippen molar-refractivity contribution in [3.8, 4) is 0 Å². The molecule has 1 atom stereocenters. The Hall–Kier alpha value is -2.64. The van der Waals surface area contributed by atoms with Crippen LogP contribution in [-0.2, 0) is 0 Å². The quantitative estimate of drug-likeness (QED) is 0.622. The first-order chi connectivity index (χ1) is 12.8. The topological polar surface area (TPSA) is 88.5 Å². The Morgan fingerprint density at radius 2 is 2.11 bits per heavy atom. The third-order valence-corrected chi connectivity index (χ3v) is 5.17. The summed E-state index contributed by atoms with van der Waals surface area (Å²) in [4.78, 5) is 18.6. The summed E-state index contributed by atoms with van der Waals surface area (Å²) in [6.45, 7) is 3.90. The molecule has 27 heavy (non-hydrogen) atoms. The van der Waals surface area contributed by atoms with Crippen LogP contribution in [0.2, 0.25) is 5.02 Å². The van der Waals surface area contributed by atoms with Crippen LogP contribution < -0.4 is 16.6 Å². The summed E-state index contributed by atoms with van der Waals surface area (Å²) < 4.78 is 14.0. The van der Waals surface area contributed by atoms with Gasteiger partial charge in [-0.3, -0.25) is 9.80 Å². The van der Waals surface area contributed by atoms with E-state index < -0.39 is 5.82 Å². The number of rotatable bonds is 3. The molecule has 0 aliphatic carbocycles. The van der Waals surface area contributed by atoms with E-state index in [1.807, 2.05) is 19.9 Å². The lowest BCUT2D eigenvalue weighted by molar-refractivity contribution is 0.0695. The Balaban J connectivity index is 1.89. The van der Waals surface area contributed by atoms with Gasteiger partial charge in [-0.1, -0.05) is 23.7 Å². The summed E-state index contributed by atoms with van der Waals surface area (Å²) >= 11 is 6.30. The van der Waals surface area contributed by atoms with Gasteiger partial charge in [-0.25, -0.2) is 15.2 Å². The summed E-state index contributed by atoms with van der Waals surface area (Å²) in [5.74, 6) is 5.31. The number of hydrogen-bond donors (Lipinski definition) is 2. The first kappa shape index (κ1) is 19.1. The van der Waals surface area contributed by atoms with Gasteiger partial charge in [-0.2, -0.15) is 0 Å². The van der Waals surface area contributed by atoms with E-state index in [0.29, 0.717) is 28.4 Å². The first-order valence-corrected chi connectivity index (χ1v) is 8.88. The standard InChI is InChI=1S/C19H21ClFN5O/c1-11-5-3-6-13(17(11)20)19(27)25-10-15(22)16(9-12(25)2)26(23)18-14(21)7-4-8-24-18/h3-8,12H,9-10,22-23H2,1-2H3. The molecular weight excluding hydrogens is 369 g/mol. The minimum Gasteiger partial charge on any atom is -0.399 e. The number of aromatic nitrogens is 1. The molecule has 0 spiro atoms. The molecule has 1 aromatic heterocycles. The Labute approximate surface area is 162 Å². The van der Waals surface area contributed by atoms with Crippen LogP contribution in [-0.4, -0.2) is 28.4 Å². The lowest BCUT2D eigenvalue weighted by Gasteiger charge is -2.37. The number of halogens is 2. The summed E-state index contributed by atoms with van der Waals surface area (Å²) in [7, 11) is 0. The second-order valence-electron chi connectivity index (χ2n) is 6.57. The van der Waals surface area contributed by atoms with Crippen molar-refractivity contribution >= 4 is 23.3 Å². The third-order valence-electron chi connectivity index (χ3n) is 4.67. The van der Waals surface area contributed by atoms with Crippen LogP contribution in [0.4, 0.5) is 10.2 Å². The van der Waals surface area contributed by atoms with E-state index in [1.165, 1.54) is 18.3 Å². The number of carbonyl (C=O) groups is 1. The fourth-order valence-corrected chi connectivity index (χ4v) is 3.33. The zero-order valence-electron chi connectivity index (χ0n) is 15.1. The molecule has 6 nitrogen and oxygen atoms in total. The van der Waals surface area contributed by atoms with Crippen molar-refractivity contribution in [2.75, 3.05) is 11.6 Å². The molecule has 0 bridgehead atoms. The van der Waals surface area contributed by atoms with Gasteiger partial charge in [0.05, 0.1) is 22.8 Å². The molecule has 8 heteroatoms. The summed E-state index contributed by atoms with van der Waals surface area (Å²) in [6.07, 6.45) is 1.82. The van der Waals surface area contributed by atoms with E-state index in [-0.39, 0.29) is 24.3 Å². The van der Waals surface area contributed by atoms with Gasteiger partial charge >= 0.3 is 0 Å². The zero-order valence-corrected chi connectivity index (χ0v) is 15.9. The van der Waals surface area contributed by atoms with E-state index in [0.717, 1.165) is 10.6 Å². The summed E-state index contributed by atoms with van der Waals surface area (Å²) in [6, 6.07) is 7.89. The smallest absolute Gasteiger partial charge is 0.255 e. The van der Waals surface area contributed by atoms with Crippen LogP contribution in [0, 0.1) is 12.7 Å². The highest BCUT2D eigenvalue weighted by Gasteiger charge is 2.32. The lowest BCUT2D eigenvalue weighted by Crippen LogP contribution is -2.48. The molecule has 0 saturated heterocycles. The van der Waals surface area contributed by atoms with Gasteiger partial charge in [0.2, 0.25) is 0 Å². The van der Waals surface area contributed by atoms with Crippen LogP contribution in [0.1, 0.15) is 29.3 Å². The maximum Gasteiger partial charge on any atom is 0.255 e. The van der Waals surface area contributed by atoms with Gasteiger partial charge in [0.25, 0.3) is 5.91 Å². The van der Waals surface area contributed by atoms with Crippen molar-refractivity contribution < 1.29 is 9.18 Å². The van der Waals surface area contributed by atoms with Crippen molar-refractivity contribution in [1.82, 2.24) is 9.88 Å². The van der Waals surface area contributed by atoms with Crippen LogP contribution in [0.15, 0.2) is 47.9 Å². The number of pyridine rings is 1. The molecule has 4 N–H and O–H groups in total. The maximum atomic E-state index is 14.0. The molecule has 142 valence electrons.